The average molecular weight is 1420 g/mol. The van der Waals surface area contributed by atoms with Crippen molar-refractivity contribution in [1.82, 2.24) is 0 Å². The summed E-state index contributed by atoms with van der Waals surface area (Å²) in [6, 6.07) is 0. The number of esters is 4. The first-order valence-corrected chi connectivity index (χ1v) is 43.2. The smallest absolute Gasteiger partial charge is 0.462 e. The van der Waals surface area contributed by atoms with Crippen molar-refractivity contribution < 1.29 is 80.2 Å². The van der Waals surface area contributed by atoms with Crippen LogP contribution in [0, 0.1) is 23.7 Å². The summed E-state index contributed by atoms with van der Waals surface area (Å²) in [6.07, 6.45) is 53.0. The van der Waals surface area contributed by atoms with Gasteiger partial charge in [0.05, 0.1) is 26.4 Å². The van der Waals surface area contributed by atoms with Crippen molar-refractivity contribution >= 4 is 39.5 Å². The van der Waals surface area contributed by atoms with Crippen LogP contribution in [0.15, 0.2) is 0 Å². The van der Waals surface area contributed by atoms with Crippen LogP contribution in [0.2, 0.25) is 0 Å². The third kappa shape index (κ3) is 70.9. The number of aliphatic hydroxyl groups is 1. The maximum Gasteiger partial charge on any atom is 0.472 e. The zero-order chi connectivity index (χ0) is 71.7. The predicted molar refractivity (Wildman–Crippen MR) is 395 cm³/mol. The largest absolute Gasteiger partial charge is 0.472 e. The molecule has 6 atom stereocenters. The van der Waals surface area contributed by atoms with Gasteiger partial charge >= 0.3 is 39.5 Å². The molecule has 0 amide bonds. The van der Waals surface area contributed by atoms with Crippen molar-refractivity contribution in [3.05, 3.63) is 0 Å². The minimum absolute atomic E-state index is 0.106. The Morgan fingerprint density at radius 1 is 0.289 bits per heavy atom. The number of hydrogen-bond donors (Lipinski definition) is 3. The first-order chi connectivity index (χ1) is 46.6. The van der Waals surface area contributed by atoms with Crippen LogP contribution in [-0.4, -0.2) is 96.7 Å². The molecule has 0 aliphatic rings. The molecule has 17 nitrogen and oxygen atoms in total. The zero-order valence-electron chi connectivity index (χ0n) is 63.7. The fourth-order valence-corrected chi connectivity index (χ4v) is 13.5. The Hall–Kier alpha value is -1.94. The highest BCUT2D eigenvalue weighted by molar-refractivity contribution is 7.47. The minimum Gasteiger partial charge on any atom is -0.462 e. The molecule has 0 radical (unpaired) electrons. The summed E-state index contributed by atoms with van der Waals surface area (Å²) >= 11 is 0. The van der Waals surface area contributed by atoms with E-state index >= 15 is 0 Å². The number of hydrogen-bond acceptors (Lipinski definition) is 15. The van der Waals surface area contributed by atoms with E-state index in [0.29, 0.717) is 31.6 Å². The summed E-state index contributed by atoms with van der Waals surface area (Å²) in [5.74, 6) is 0.931. The number of phosphoric acid groups is 2. The molecule has 0 saturated carbocycles. The van der Waals surface area contributed by atoms with Crippen LogP contribution in [0.1, 0.15) is 396 Å². The summed E-state index contributed by atoms with van der Waals surface area (Å²) in [4.78, 5) is 72.8. The molecule has 0 aromatic carbocycles. The Morgan fingerprint density at radius 2 is 0.495 bits per heavy atom. The summed E-state index contributed by atoms with van der Waals surface area (Å²) in [6.45, 7) is 14.2. The monoisotopic (exact) mass is 1420 g/mol. The Bertz CT molecular complexity index is 1900. The van der Waals surface area contributed by atoms with Gasteiger partial charge in [-0.1, -0.05) is 344 Å². The molecule has 3 unspecified atom stereocenters. The van der Waals surface area contributed by atoms with Gasteiger partial charge in [-0.3, -0.25) is 37.3 Å². The fraction of sp³-hybridized carbons (Fsp3) is 0.949. The molecule has 3 N–H and O–H groups in total. The van der Waals surface area contributed by atoms with Crippen LogP contribution < -0.4 is 0 Å². The molecule has 0 aromatic rings. The second-order valence-electron chi connectivity index (χ2n) is 29.8. The molecular weight excluding hydrogens is 1270 g/mol. The predicted octanol–water partition coefficient (Wildman–Crippen LogP) is 22.8. The van der Waals surface area contributed by atoms with Crippen LogP contribution in [0.3, 0.4) is 0 Å². The Labute approximate surface area is 594 Å². The number of carbonyl (C=O) groups is 4. The van der Waals surface area contributed by atoms with Crippen molar-refractivity contribution in [1.29, 1.82) is 0 Å². The lowest BCUT2D eigenvalue weighted by molar-refractivity contribution is -0.161. The van der Waals surface area contributed by atoms with E-state index in [1.165, 1.54) is 193 Å². The van der Waals surface area contributed by atoms with Gasteiger partial charge in [0.25, 0.3) is 0 Å². The molecule has 19 heteroatoms. The van der Waals surface area contributed by atoms with Gasteiger partial charge in [0.1, 0.15) is 19.3 Å². The summed E-state index contributed by atoms with van der Waals surface area (Å²) < 4.78 is 68.5. The number of carbonyl (C=O) groups excluding carboxylic acids is 4. The molecule has 0 spiro atoms. The molecule has 0 aliphatic heterocycles. The number of rotatable bonds is 75. The number of aliphatic hydroxyl groups excluding tert-OH is 1. The van der Waals surface area contributed by atoms with Crippen molar-refractivity contribution in [3.63, 3.8) is 0 Å². The van der Waals surface area contributed by atoms with Crippen LogP contribution in [-0.2, 0) is 65.4 Å². The first kappa shape index (κ1) is 95.1. The lowest BCUT2D eigenvalue weighted by Gasteiger charge is -2.21. The Kier molecular flexibility index (Phi) is 65.9. The molecular formula is C78H152O17P2. The normalized spacial score (nSPS) is 14.4. The maximum atomic E-state index is 13.1. The van der Waals surface area contributed by atoms with Gasteiger partial charge < -0.3 is 33.8 Å². The van der Waals surface area contributed by atoms with Gasteiger partial charge in [0.2, 0.25) is 0 Å². The highest BCUT2D eigenvalue weighted by atomic mass is 31.2. The second kappa shape index (κ2) is 67.2. The van der Waals surface area contributed by atoms with Gasteiger partial charge in [-0.2, -0.15) is 0 Å². The fourth-order valence-electron chi connectivity index (χ4n) is 11.9. The lowest BCUT2D eigenvalue weighted by Crippen LogP contribution is -2.30. The van der Waals surface area contributed by atoms with E-state index in [2.05, 4.69) is 55.4 Å². The number of unbranched alkanes of at least 4 members (excludes halogenated alkanes) is 40. The standard InChI is InChI=1S/C78H152O17P2/c1-9-71(8)57-49-41-32-25-21-16-14-12-10-11-13-15-17-22-26-34-44-52-60-78(83)95-74(65-89-76(81)59-51-43-37-36-40-48-56-70(6)7)67-93-97(86,87)91-63-72(79)62-90-96(84,85)92-66-73(64-88-75(80)58-50-42-33-29-28-31-39-47-55-69(4)5)94-77(82)61-53-45-35-27-23-19-18-20-24-30-38-46-54-68(2)3/h68-74,79H,9-67H2,1-8H3,(H,84,85)(H,86,87)/t71?,72-,73-,74-/m1/s1. The van der Waals surface area contributed by atoms with Gasteiger partial charge in [-0.15, -0.1) is 0 Å². The molecule has 0 aliphatic carbocycles. The minimum atomic E-state index is -4.96. The highest BCUT2D eigenvalue weighted by Crippen LogP contribution is 2.45. The number of phosphoric ester groups is 2. The van der Waals surface area contributed by atoms with Gasteiger partial charge in [0.15, 0.2) is 12.2 Å². The number of ether oxygens (including phenoxy) is 4. The van der Waals surface area contributed by atoms with Crippen LogP contribution in [0.4, 0.5) is 0 Å². The van der Waals surface area contributed by atoms with Crippen LogP contribution in [0.25, 0.3) is 0 Å². The molecule has 0 aromatic heterocycles. The van der Waals surface area contributed by atoms with E-state index in [4.69, 9.17) is 37.0 Å². The molecule has 576 valence electrons. The van der Waals surface area contributed by atoms with E-state index in [9.17, 15) is 43.2 Å². The summed E-state index contributed by atoms with van der Waals surface area (Å²) in [5, 5.41) is 10.6. The zero-order valence-corrected chi connectivity index (χ0v) is 65.5. The van der Waals surface area contributed by atoms with Crippen molar-refractivity contribution in [2.24, 2.45) is 23.7 Å². The van der Waals surface area contributed by atoms with E-state index < -0.39 is 97.5 Å². The quantitative estimate of drug-likeness (QED) is 0.0222. The lowest BCUT2D eigenvalue weighted by atomic mass is 9.99. The SMILES string of the molecule is CCC(C)CCCCCCCCCCCCCCCCCCCCC(=O)O[C@H](COC(=O)CCCCCCCCC(C)C)COP(=O)(O)OC[C@H](O)COP(=O)(O)OC[C@@H](COC(=O)CCCCCCCCCCC(C)C)OC(=O)CCCCCCCCCCCCCCC(C)C. The van der Waals surface area contributed by atoms with Gasteiger partial charge in [0, 0.05) is 25.7 Å². The molecule has 0 bridgehead atoms. The van der Waals surface area contributed by atoms with Crippen molar-refractivity contribution in [2.45, 2.75) is 414 Å². The molecule has 97 heavy (non-hydrogen) atoms. The molecule has 0 heterocycles. The van der Waals surface area contributed by atoms with Crippen LogP contribution >= 0.6 is 15.6 Å². The Morgan fingerprint density at radius 3 is 0.732 bits per heavy atom. The van der Waals surface area contributed by atoms with E-state index in [1.807, 2.05) is 0 Å². The average Bonchev–Trinajstić information content (AvgIpc) is 0.962. The molecule has 0 saturated heterocycles. The topological polar surface area (TPSA) is 237 Å². The highest BCUT2D eigenvalue weighted by Gasteiger charge is 2.30. The third-order valence-electron chi connectivity index (χ3n) is 18.4. The van der Waals surface area contributed by atoms with Crippen molar-refractivity contribution in [3.8, 4) is 0 Å². The van der Waals surface area contributed by atoms with E-state index in [-0.39, 0.29) is 25.7 Å². The first-order valence-electron chi connectivity index (χ1n) is 40.2. The van der Waals surface area contributed by atoms with E-state index in [0.717, 1.165) is 114 Å². The second-order valence-corrected chi connectivity index (χ2v) is 32.7. The van der Waals surface area contributed by atoms with Crippen molar-refractivity contribution in [2.75, 3.05) is 39.6 Å². The molecule has 0 fully saturated rings. The van der Waals surface area contributed by atoms with Gasteiger partial charge in [-0.25, -0.2) is 9.13 Å². The summed E-state index contributed by atoms with van der Waals surface area (Å²) in [7, 11) is -9.91. The van der Waals surface area contributed by atoms with E-state index in [1.54, 1.807) is 0 Å². The maximum absolute atomic E-state index is 13.1. The third-order valence-corrected chi connectivity index (χ3v) is 20.3. The summed E-state index contributed by atoms with van der Waals surface area (Å²) in [5.41, 5.74) is 0. The Balaban J connectivity index is 5.16. The van der Waals surface area contributed by atoms with Crippen LogP contribution in [0.5, 0.6) is 0 Å². The molecule has 0 rings (SSSR count). The van der Waals surface area contributed by atoms with Gasteiger partial charge in [-0.05, 0) is 49.4 Å².